The van der Waals surface area contributed by atoms with Crippen LogP contribution in [-0.4, -0.2) is 29.5 Å². The Morgan fingerprint density at radius 3 is 2.87 bits per heavy atom. The summed E-state index contributed by atoms with van der Waals surface area (Å²) in [7, 11) is 0. The fraction of sp³-hybridized carbons (Fsp3) is 0.250. The molecule has 0 radical (unpaired) electrons. The van der Waals surface area contributed by atoms with E-state index < -0.39 is 0 Å². The normalized spacial score (nSPS) is 11.4. The largest absolute Gasteiger partial charge is 0.342 e. The minimum absolute atomic E-state index is 0.767. The Bertz CT molecular complexity index is 911. The van der Waals surface area contributed by atoms with Crippen molar-refractivity contribution >= 4 is 17.0 Å². The zero-order valence-corrected chi connectivity index (χ0v) is 13.8. The van der Waals surface area contributed by atoms with Crippen LogP contribution in [0.2, 0.25) is 0 Å². The van der Waals surface area contributed by atoms with Crippen molar-refractivity contribution in [2.45, 2.75) is 26.7 Å². The van der Waals surface area contributed by atoms with Gasteiger partial charge in [0.15, 0.2) is 22.3 Å². The molecule has 0 amide bonds. The molecule has 7 heteroatoms. The maximum absolute atomic E-state index is 4.65. The molecule has 0 aliphatic rings. The first kappa shape index (κ1) is 14.1. The lowest BCUT2D eigenvalue weighted by molar-refractivity contribution is 0.813. The van der Waals surface area contributed by atoms with Crippen molar-refractivity contribution in [3.63, 3.8) is 0 Å². The Morgan fingerprint density at radius 1 is 1.17 bits per heavy atom. The molecule has 4 aromatic heterocycles. The van der Waals surface area contributed by atoms with Gasteiger partial charge in [-0.15, -0.1) is 11.3 Å². The number of imidazole rings is 1. The molecule has 1 N–H and O–H groups in total. The van der Waals surface area contributed by atoms with E-state index in [9.17, 15) is 0 Å². The van der Waals surface area contributed by atoms with E-state index in [1.807, 2.05) is 23.0 Å². The van der Waals surface area contributed by atoms with Crippen LogP contribution in [0.4, 0.5) is 0 Å². The zero-order chi connectivity index (χ0) is 15.8. The number of nitrogens with one attached hydrogen (secondary N) is 1. The van der Waals surface area contributed by atoms with E-state index in [0.717, 1.165) is 52.1 Å². The van der Waals surface area contributed by atoms with Gasteiger partial charge in [-0.3, -0.25) is 0 Å². The van der Waals surface area contributed by atoms with Crippen LogP contribution >= 0.6 is 11.3 Å². The molecule has 0 unspecified atom stereocenters. The average molecular weight is 324 g/mol. The summed E-state index contributed by atoms with van der Waals surface area (Å²) < 4.78 is 1.91. The molecule has 0 saturated carbocycles. The zero-order valence-electron chi connectivity index (χ0n) is 12.9. The van der Waals surface area contributed by atoms with Gasteiger partial charge in [0, 0.05) is 29.9 Å². The molecule has 4 aromatic rings. The number of fused-ring (bicyclic) bond motifs is 1. The molecule has 0 saturated heterocycles. The standard InChI is InChI=1S/C16H16N6S/c1-10-3-4-11(2)22-15(10)20-13(21-22)6-5-12-9-18-14(19-12)16-17-7-8-23-16/h3-4,7-9H,5-6H2,1-2H3,(H,18,19). The van der Waals surface area contributed by atoms with Crippen molar-refractivity contribution in [1.29, 1.82) is 0 Å². The van der Waals surface area contributed by atoms with Crippen LogP contribution in [0, 0.1) is 13.8 Å². The van der Waals surface area contributed by atoms with Gasteiger partial charge in [-0.1, -0.05) is 6.07 Å². The summed E-state index contributed by atoms with van der Waals surface area (Å²) in [6.07, 6.45) is 5.29. The molecule has 0 aliphatic heterocycles. The first-order valence-corrected chi connectivity index (χ1v) is 8.35. The molecule has 0 atom stereocenters. The average Bonchev–Trinajstić information content (AvgIpc) is 3.28. The summed E-state index contributed by atoms with van der Waals surface area (Å²) >= 11 is 1.58. The lowest BCUT2D eigenvalue weighted by Crippen LogP contribution is -1.96. The SMILES string of the molecule is Cc1ccc(C)n2nc(CCc3c[nH]c(-c4nccs4)n3)nc12. The molecule has 0 aliphatic carbocycles. The molecule has 6 nitrogen and oxygen atoms in total. The van der Waals surface area contributed by atoms with E-state index in [1.54, 1.807) is 17.5 Å². The predicted octanol–water partition coefficient (Wildman–Crippen LogP) is 2.98. The number of H-pyrrole nitrogens is 1. The monoisotopic (exact) mass is 324 g/mol. The molecule has 116 valence electrons. The molecule has 0 aromatic carbocycles. The Kier molecular flexibility index (Phi) is 3.42. The lowest BCUT2D eigenvalue weighted by Gasteiger charge is -1.98. The number of aromatic nitrogens is 6. The topological polar surface area (TPSA) is 71.8 Å². The third-order valence-electron chi connectivity index (χ3n) is 3.78. The predicted molar refractivity (Wildman–Crippen MR) is 89.6 cm³/mol. The van der Waals surface area contributed by atoms with Crippen LogP contribution in [0.15, 0.2) is 29.9 Å². The van der Waals surface area contributed by atoms with Crippen LogP contribution in [-0.2, 0) is 12.8 Å². The fourth-order valence-corrected chi connectivity index (χ4v) is 3.12. The van der Waals surface area contributed by atoms with Gasteiger partial charge in [-0.05, 0) is 31.9 Å². The van der Waals surface area contributed by atoms with E-state index in [-0.39, 0.29) is 0 Å². The number of pyridine rings is 1. The van der Waals surface area contributed by atoms with Crippen LogP contribution in [0.5, 0.6) is 0 Å². The summed E-state index contributed by atoms with van der Waals surface area (Å²) in [5.74, 6) is 1.67. The highest BCUT2D eigenvalue weighted by Gasteiger charge is 2.10. The van der Waals surface area contributed by atoms with Crippen molar-refractivity contribution in [3.05, 3.63) is 52.7 Å². The molecule has 4 rings (SSSR count). The molecule has 0 fully saturated rings. The Labute approximate surface area is 137 Å². The van der Waals surface area contributed by atoms with Crippen molar-refractivity contribution in [3.8, 4) is 10.8 Å². The number of aryl methyl sites for hydroxylation is 4. The highest BCUT2D eigenvalue weighted by molar-refractivity contribution is 7.12. The van der Waals surface area contributed by atoms with E-state index in [2.05, 4.69) is 44.1 Å². The van der Waals surface area contributed by atoms with Crippen LogP contribution in [0.3, 0.4) is 0 Å². The third kappa shape index (κ3) is 2.63. The van der Waals surface area contributed by atoms with E-state index >= 15 is 0 Å². The third-order valence-corrected chi connectivity index (χ3v) is 4.56. The second-order valence-electron chi connectivity index (χ2n) is 5.50. The molecule has 0 bridgehead atoms. The summed E-state index contributed by atoms with van der Waals surface area (Å²) in [5, 5.41) is 7.46. The lowest BCUT2D eigenvalue weighted by atomic mass is 10.2. The Morgan fingerprint density at radius 2 is 2.09 bits per heavy atom. The van der Waals surface area contributed by atoms with Gasteiger partial charge in [0.1, 0.15) is 0 Å². The Balaban J connectivity index is 1.53. The van der Waals surface area contributed by atoms with Gasteiger partial charge in [-0.25, -0.2) is 19.5 Å². The van der Waals surface area contributed by atoms with Gasteiger partial charge in [0.25, 0.3) is 0 Å². The number of nitrogens with zero attached hydrogens (tertiary/aromatic N) is 5. The van der Waals surface area contributed by atoms with E-state index in [1.165, 1.54) is 0 Å². The van der Waals surface area contributed by atoms with Gasteiger partial charge < -0.3 is 4.98 Å². The minimum atomic E-state index is 0.767. The minimum Gasteiger partial charge on any atom is -0.342 e. The first-order valence-electron chi connectivity index (χ1n) is 7.47. The first-order chi connectivity index (χ1) is 11.2. The van der Waals surface area contributed by atoms with Crippen molar-refractivity contribution in [2.24, 2.45) is 0 Å². The second kappa shape index (κ2) is 5.58. The number of hydrogen-bond acceptors (Lipinski definition) is 5. The molecule has 4 heterocycles. The summed E-state index contributed by atoms with van der Waals surface area (Å²) in [5.41, 5.74) is 4.17. The van der Waals surface area contributed by atoms with Crippen molar-refractivity contribution < 1.29 is 0 Å². The Hall–Kier alpha value is -2.54. The summed E-state index contributed by atoms with van der Waals surface area (Å²) in [6, 6.07) is 4.14. The van der Waals surface area contributed by atoms with Gasteiger partial charge in [0.2, 0.25) is 0 Å². The molecule has 0 spiro atoms. The molecular formula is C16H16N6S. The van der Waals surface area contributed by atoms with Crippen LogP contribution in [0.25, 0.3) is 16.5 Å². The fourth-order valence-electron chi connectivity index (χ4n) is 2.53. The van der Waals surface area contributed by atoms with Crippen LogP contribution < -0.4 is 0 Å². The molecule has 23 heavy (non-hydrogen) atoms. The number of aromatic amines is 1. The maximum Gasteiger partial charge on any atom is 0.166 e. The van der Waals surface area contributed by atoms with Crippen LogP contribution in [0.1, 0.15) is 22.8 Å². The van der Waals surface area contributed by atoms with Gasteiger partial charge in [0.05, 0.1) is 5.69 Å². The number of rotatable bonds is 4. The quantitative estimate of drug-likeness (QED) is 0.626. The summed E-state index contributed by atoms with van der Waals surface area (Å²) in [4.78, 5) is 16.7. The number of thiazole rings is 1. The van der Waals surface area contributed by atoms with E-state index in [4.69, 9.17) is 0 Å². The smallest absolute Gasteiger partial charge is 0.166 e. The van der Waals surface area contributed by atoms with Gasteiger partial charge in [-0.2, -0.15) is 5.10 Å². The highest BCUT2D eigenvalue weighted by Crippen LogP contribution is 2.18. The van der Waals surface area contributed by atoms with Gasteiger partial charge >= 0.3 is 0 Å². The van der Waals surface area contributed by atoms with Crippen molar-refractivity contribution in [1.82, 2.24) is 29.5 Å². The van der Waals surface area contributed by atoms with Crippen molar-refractivity contribution in [2.75, 3.05) is 0 Å². The number of hydrogen-bond donors (Lipinski definition) is 1. The maximum atomic E-state index is 4.65. The highest BCUT2D eigenvalue weighted by atomic mass is 32.1. The second-order valence-corrected chi connectivity index (χ2v) is 6.39. The summed E-state index contributed by atoms with van der Waals surface area (Å²) in [6.45, 7) is 4.10. The molecular weight excluding hydrogens is 308 g/mol. The van der Waals surface area contributed by atoms with E-state index in [0.29, 0.717) is 0 Å².